The van der Waals surface area contributed by atoms with Gasteiger partial charge >= 0.3 is 0 Å². The number of nitrogens with two attached hydrogens (primary N) is 1. The number of halogens is 2. The van der Waals surface area contributed by atoms with Crippen molar-refractivity contribution in [3.05, 3.63) is 64.5 Å². The fourth-order valence-electron chi connectivity index (χ4n) is 2.13. The molecule has 0 aliphatic carbocycles. The molecule has 0 aliphatic rings. The topological polar surface area (TPSA) is 48.1 Å². The van der Waals surface area contributed by atoms with Gasteiger partial charge in [-0.1, -0.05) is 34.1 Å². The summed E-state index contributed by atoms with van der Waals surface area (Å²) in [5.74, 6) is 0.0542. The highest BCUT2D eigenvalue weighted by Crippen LogP contribution is 2.31. The number of hydrogen-bond acceptors (Lipinski definition) is 3. The Morgan fingerprint density at radius 2 is 1.90 bits per heavy atom. The largest absolute Gasteiger partial charge is 0.435 e. The molecule has 0 fully saturated rings. The van der Waals surface area contributed by atoms with Crippen molar-refractivity contribution in [1.29, 1.82) is 0 Å². The van der Waals surface area contributed by atoms with Crippen LogP contribution in [0.4, 0.5) is 4.39 Å². The number of nitrogens with zero attached hydrogens (tertiary/aromatic N) is 1. The van der Waals surface area contributed by atoms with E-state index in [1.165, 1.54) is 6.07 Å². The molecular formula is C16H12BrFN2O. The van der Waals surface area contributed by atoms with E-state index in [9.17, 15) is 4.39 Å². The first-order chi connectivity index (χ1) is 10.2. The molecule has 21 heavy (non-hydrogen) atoms. The van der Waals surface area contributed by atoms with E-state index in [1.807, 2.05) is 24.3 Å². The van der Waals surface area contributed by atoms with Crippen LogP contribution in [0.5, 0.6) is 11.6 Å². The summed E-state index contributed by atoms with van der Waals surface area (Å²) < 4.78 is 20.2. The maximum absolute atomic E-state index is 13.9. The summed E-state index contributed by atoms with van der Waals surface area (Å²) in [6.45, 7) is 0.389. The van der Waals surface area contributed by atoms with Crippen LogP contribution in [0, 0.1) is 5.82 Å². The Morgan fingerprint density at radius 3 is 2.62 bits per heavy atom. The molecule has 3 nitrogen and oxygen atoms in total. The Morgan fingerprint density at radius 1 is 1.14 bits per heavy atom. The summed E-state index contributed by atoms with van der Waals surface area (Å²) in [6, 6.07) is 12.3. The first-order valence-electron chi connectivity index (χ1n) is 6.38. The highest BCUT2D eigenvalue weighted by Gasteiger charge is 2.11. The van der Waals surface area contributed by atoms with Crippen molar-refractivity contribution in [3.8, 4) is 11.6 Å². The van der Waals surface area contributed by atoms with E-state index in [0.29, 0.717) is 16.9 Å². The summed E-state index contributed by atoms with van der Waals surface area (Å²) in [7, 11) is 0. The minimum Gasteiger partial charge on any atom is -0.435 e. The van der Waals surface area contributed by atoms with Crippen LogP contribution in [-0.2, 0) is 6.54 Å². The lowest BCUT2D eigenvalue weighted by atomic mass is 10.1. The molecular weight excluding hydrogens is 335 g/mol. The smallest absolute Gasteiger partial charge is 0.227 e. The number of aromatic nitrogens is 1. The Bertz CT molecular complexity index is 807. The number of fused-ring (bicyclic) bond motifs is 1. The third-order valence-corrected chi connectivity index (χ3v) is 3.65. The van der Waals surface area contributed by atoms with Crippen molar-refractivity contribution < 1.29 is 9.13 Å². The number of rotatable bonds is 3. The van der Waals surface area contributed by atoms with Crippen LogP contribution in [0.15, 0.2) is 53.1 Å². The lowest BCUT2D eigenvalue weighted by Gasteiger charge is -2.11. The normalized spacial score (nSPS) is 10.8. The number of hydrogen-bond donors (Lipinski definition) is 1. The van der Waals surface area contributed by atoms with Crippen molar-refractivity contribution in [1.82, 2.24) is 4.98 Å². The molecule has 1 aromatic heterocycles. The second-order valence-corrected chi connectivity index (χ2v) is 5.43. The first kappa shape index (κ1) is 14.0. The van der Waals surface area contributed by atoms with Gasteiger partial charge in [0, 0.05) is 22.6 Å². The Labute approximate surface area is 129 Å². The molecule has 0 spiro atoms. The zero-order valence-corrected chi connectivity index (χ0v) is 12.6. The average Bonchev–Trinajstić information content (AvgIpc) is 2.50. The van der Waals surface area contributed by atoms with E-state index in [4.69, 9.17) is 10.5 Å². The standard InChI is InChI=1S/C16H12BrFN2O/c17-11-5-6-15(14(18)7-11)21-16-13-4-2-1-3-12(13)10(8-19)9-20-16/h1-7,9H,8,19H2. The Hall–Kier alpha value is -1.98. The molecule has 5 heteroatoms. The van der Waals surface area contributed by atoms with Crippen LogP contribution in [0.1, 0.15) is 5.56 Å². The number of ether oxygens (including phenoxy) is 1. The highest BCUT2D eigenvalue weighted by atomic mass is 79.9. The summed E-state index contributed by atoms with van der Waals surface area (Å²) in [5.41, 5.74) is 6.64. The maximum atomic E-state index is 13.9. The third-order valence-electron chi connectivity index (χ3n) is 3.16. The van der Waals surface area contributed by atoms with Gasteiger partial charge in [0.25, 0.3) is 0 Å². The molecule has 0 aliphatic heterocycles. The van der Waals surface area contributed by atoms with Crippen molar-refractivity contribution in [2.45, 2.75) is 6.54 Å². The molecule has 2 N–H and O–H groups in total. The van der Waals surface area contributed by atoms with Gasteiger partial charge in [-0.3, -0.25) is 0 Å². The van der Waals surface area contributed by atoms with E-state index in [2.05, 4.69) is 20.9 Å². The lowest BCUT2D eigenvalue weighted by Crippen LogP contribution is -2.00. The fraction of sp³-hybridized carbons (Fsp3) is 0.0625. The van der Waals surface area contributed by atoms with Crippen LogP contribution < -0.4 is 10.5 Å². The van der Waals surface area contributed by atoms with Gasteiger partial charge in [0.05, 0.1) is 0 Å². The van der Waals surface area contributed by atoms with Crippen LogP contribution in [0.3, 0.4) is 0 Å². The average molecular weight is 347 g/mol. The first-order valence-corrected chi connectivity index (χ1v) is 7.18. The van der Waals surface area contributed by atoms with Gasteiger partial charge in [0.1, 0.15) is 0 Å². The van der Waals surface area contributed by atoms with Gasteiger partial charge in [0.2, 0.25) is 5.88 Å². The van der Waals surface area contributed by atoms with E-state index in [1.54, 1.807) is 18.3 Å². The fourth-order valence-corrected chi connectivity index (χ4v) is 2.46. The highest BCUT2D eigenvalue weighted by molar-refractivity contribution is 9.10. The van der Waals surface area contributed by atoms with Crippen LogP contribution in [0.25, 0.3) is 10.8 Å². The van der Waals surface area contributed by atoms with Gasteiger partial charge in [-0.2, -0.15) is 0 Å². The van der Waals surface area contributed by atoms with E-state index in [-0.39, 0.29) is 5.75 Å². The maximum Gasteiger partial charge on any atom is 0.227 e. The second-order valence-electron chi connectivity index (χ2n) is 4.52. The van der Waals surface area contributed by atoms with Gasteiger partial charge in [0.15, 0.2) is 11.6 Å². The molecule has 3 rings (SSSR count). The van der Waals surface area contributed by atoms with E-state index < -0.39 is 5.82 Å². The zero-order valence-electron chi connectivity index (χ0n) is 11.0. The molecule has 0 atom stereocenters. The summed E-state index contributed by atoms with van der Waals surface area (Å²) in [5, 5.41) is 1.77. The predicted octanol–water partition coefficient (Wildman–Crippen LogP) is 4.39. The van der Waals surface area contributed by atoms with Crippen LogP contribution in [0.2, 0.25) is 0 Å². The summed E-state index contributed by atoms with van der Waals surface area (Å²) >= 11 is 3.22. The molecule has 2 aromatic carbocycles. The van der Waals surface area contributed by atoms with Gasteiger partial charge < -0.3 is 10.5 Å². The lowest BCUT2D eigenvalue weighted by molar-refractivity contribution is 0.432. The third kappa shape index (κ3) is 2.75. The van der Waals surface area contributed by atoms with Gasteiger partial charge in [-0.15, -0.1) is 0 Å². The van der Waals surface area contributed by atoms with Crippen LogP contribution >= 0.6 is 15.9 Å². The van der Waals surface area contributed by atoms with Crippen LogP contribution in [-0.4, -0.2) is 4.98 Å². The molecule has 0 amide bonds. The Kier molecular flexibility index (Phi) is 3.86. The van der Waals surface area contributed by atoms with Crippen molar-refractivity contribution in [3.63, 3.8) is 0 Å². The quantitative estimate of drug-likeness (QED) is 0.765. The molecule has 106 valence electrons. The van der Waals surface area contributed by atoms with Gasteiger partial charge in [-0.05, 0) is 35.2 Å². The molecule has 0 bridgehead atoms. The molecule has 3 aromatic rings. The minimum atomic E-state index is -0.446. The molecule has 0 radical (unpaired) electrons. The van der Waals surface area contributed by atoms with Crippen molar-refractivity contribution in [2.75, 3.05) is 0 Å². The second kappa shape index (κ2) is 5.79. The van der Waals surface area contributed by atoms with Crippen molar-refractivity contribution >= 4 is 26.7 Å². The van der Waals surface area contributed by atoms with Gasteiger partial charge in [-0.25, -0.2) is 9.37 Å². The minimum absolute atomic E-state index is 0.136. The van der Waals surface area contributed by atoms with Crippen molar-refractivity contribution in [2.24, 2.45) is 5.73 Å². The summed E-state index contributed by atoms with van der Waals surface area (Å²) in [6.07, 6.45) is 1.66. The van der Waals surface area contributed by atoms with E-state index >= 15 is 0 Å². The number of pyridine rings is 1. The molecule has 1 heterocycles. The van der Waals surface area contributed by atoms with E-state index in [0.717, 1.165) is 16.3 Å². The number of benzene rings is 2. The summed E-state index contributed by atoms with van der Waals surface area (Å²) in [4.78, 5) is 4.26. The zero-order chi connectivity index (χ0) is 14.8. The molecule has 0 unspecified atom stereocenters. The molecule has 0 saturated heterocycles. The monoisotopic (exact) mass is 346 g/mol. The SMILES string of the molecule is NCc1cnc(Oc2ccc(Br)cc2F)c2ccccc12. The predicted molar refractivity (Wildman–Crippen MR) is 83.8 cm³/mol. The Balaban J connectivity index is 2.09. The molecule has 0 saturated carbocycles.